The van der Waals surface area contributed by atoms with Crippen LogP contribution in [0, 0.1) is 6.92 Å². The molecule has 0 saturated carbocycles. The lowest BCUT2D eigenvalue weighted by molar-refractivity contribution is -0.127. The average Bonchev–Trinajstić information content (AvgIpc) is 2.57. The Bertz CT molecular complexity index is 730. The highest BCUT2D eigenvalue weighted by Gasteiger charge is 2.15. The van der Waals surface area contributed by atoms with E-state index in [0.717, 1.165) is 21.3 Å². The second-order valence-corrected chi connectivity index (χ2v) is 6.06. The molecule has 24 heavy (non-hydrogen) atoms. The van der Waals surface area contributed by atoms with Crippen molar-refractivity contribution in [1.29, 1.82) is 0 Å². The summed E-state index contributed by atoms with van der Waals surface area (Å²) in [5.41, 5.74) is 4.43. The first-order valence-corrected chi connectivity index (χ1v) is 8.18. The van der Waals surface area contributed by atoms with Crippen LogP contribution in [0.15, 0.2) is 52.0 Å². The third kappa shape index (κ3) is 5.09. The summed E-state index contributed by atoms with van der Waals surface area (Å²) < 4.78 is 11.5. The molecule has 1 N–H and O–H groups in total. The number of amides is 1. The van der Waals surface area contributed by atoms with Crippen molar-refractivity contribution in [3.63, 3.8) is 0 Å². The first-order valence-electron chi connectivity index (χ1n) is 7.39. The zero-order chi connectivity index (χ0) is 17.5. The molecule has 0 aliphatic carbocycles. The van der Waals surface area contributed by atoms with E-state index in [2.05, 4.69) is 26.5 Å². The Labute approximate surface area is 149 Å². The van der Waals surface area contributed by atoms with Crippen LogP contribution in [0.3, 0.4) is 0 Å². The SMILES string of the molecule is COc1ccc(C=NNC(=O)[C@@H](C)Oc2ccc(C)cc2Br)cc1. The van der Waals surface area contributed by atoms with Crippen molar-refractivity contribution in [1.82, 2.24) is 5.43 Å². The van der Waals surface area contributed by atoms with Gasteiger partial charge in [0, 0.05) is 0 Å². The summed E-state index contributed by atoms with van der Waals surface area (Å²) in [5.74, 6) is 1.05. The van der Waals surface area contributed by atoms with E-state index in [1.807, 2.05) is 49.4 Å². The number of carbonyl (C=O) groups is 1. The maximum Gasteiger partial charge on any atom is 0.280 e. The van der Waals surface area contributed by atoms with Gasteiger partial charge in [-0.05, 0) is 77.3 Å². The average molecular weight is 391 g/mol. The van der Waals surface area contributed by atoms with E-state index in [1.54, 1.807) is 20.2 Å². The summed E-state index contributed by atoms with van der Waals surface area (Å²) in [4.78, 5) is 12.0. The van der Waals surface area contributed by atoms with Gasteiger partial charge in [-0.15, -0.1) is 0 Å². The monoisotopic (exact) mass is 390 g/mol. The molecule has 1 atom stereocenters. The van der Waals surface area contributed by atoms with Crippen molar-refractivity contribution in [3.05, 3.63) is 58.1 Å². The zero-order valence-electron chi connectivity index (χ0n) is 13.7. The molecule has 0 aromatic heterocycles. The van der Waals surface area contributed by atoms with E-state index >= 15 is 0 Å². The van der Waals surface area contributed by atoms with Gasteiger partial charge in [-0.3, -0.25) is 4.79 Å². The molecule has 6 heteroatoms. The Hall–Kier alpha value is -2.34. The number of hydrazone groups is 1. The number of halogens is 1. The van der Waals surface area contributed by atoms with Crippen LogP contribution in [0.4, 0.5) is 0 Å². The molecule has 2 rings (SSSR count). The van der Waals surface area contributed by atoms with E-state index in [9.17, 15) is 4.79 Å². The molecular weight excluding hydrogens is 372 g/mol. The van der Waals surface area contributed by atoms with Crippen LogP contribution in [-0.4, -0.2) is 25.3 Å². The molecule has 0 saturated heterocycles. The number of hydrogen-bond acceptors (Lipinski definition) is 4. The predicted octanol–water partition coefficient (Wildman–Crippen LogP) is 3.68. The number of hydrogen-bond donors (Lipinski definition) is 1. The molecular formula is C18H19BrN2O3. The van der Waals surface area contributed by atoms with Gasteiger partial charge >= 0.3 is 0 Å². The molecule has 0 bridgehead atoms. The fraction of sp³-hybridized carbons (Fsp3) is 0.222. The number of rotatable bonds is 6. The molecule has 126 valence electrons. The summed E-state index contributed by atoms with van der Waals surface area (Å²) >= 11 is 3.42. The van der Waals surface area contributed by atoms with Crippen molar-refractivity contribution in [2.45, 2.75) is 20.0 Å². The lowest BCUT2D eigenvalue weighted by Crippen LogP contribution is -2.33. The summed E-state index contributed by atoms with van der Waals surface area (Å²) in [5, 5.41) is 3.94. The fourth-order valence-corrected chi connectivity index (χ4v) is 2.48. The summed E-state index contributed by atoms with van der Waals surface area (Å²) in [7, 11) is 1.61. The molecule has 0 spiro atoms. The van der Waals surface area contributed by atoms with Crippen LogP contribution in [0.2, 0.25) is 0 Å². The smallest absolute Gasteiger partial charge is 0.280 e. The van der Waals surface area contributed by atoms with Crippen LogP contribution >= 0.6 is 15.9 Å². The second-order valence-electron chi connectivity index (χ2n) is 5.20. The highest BCUT2D eigenvalue weighted by Crippen LogP contribution is 2.26. The van der Waals surface area contributed by atoms with Gasteiger partial charge in [0.15, 0.2) is 6.10 Å². The van der Waals surface area contributed by atoms with E-state index in [0.29, 0.717) is 5.75 Å². The lowest BCUT2D eigenvalue weighted by Gasteiger charge is -2.14. The van der Waals surface area contributed by atoms with Crippen LogP contribution in [0.5, 0.6) is 11.5 Å². The fourth-order valence-electron chi connectivity index (χ4n) is 1.90. The van der Waals surface area contributed by atoms with Gasteiger partial charge in [-0.1, -0.05) is 6.07 Å². The molecule has 2 aromatic rings. The van der Waals surface area contributed by atoms with E-state index < -0.39 is 6.10 Å². The maximum atomic E-state index is 12.0. The normalized spacial score (nSPS) is 12.0. The first kappa shape index (κ1) is 18.0. The number of nitrogens with one attached hydrogen (secondary N) is 1. The van der Waals surface area contributed by atoms with Gasteiger partial charge in [0.1, 0.15) is 11.5 Å². The lowest BCUT2D eigenvalue weighted by atomic mass is 10.2. The third-order valence-corrected chi connectivity index (χ3v) is 3.88. The summed E-state index contributed by atoms with van der Waals surface area (Å²) in [6.07, 6.45) is 0.892. The number of aryl methyl sites for hydroxylation is 1. The minimum Gasteiger partial charge on any atom is -0.497 e. The molecule has 5 nitrogen and oxygen atoms in total. The van der Waals surface area contributed by atoms with E-state index in [4.69, 9.17) is 9.47 Å². The van der Waals surface area contributed by atoms with Gasteiger partial charge in [0.25, 0.3) is 5.91 Å². The number of ether oxygens (including phenoxy) is 2. The van der Waals surface area contributed by atoms with Crippen molar-refractivity contribution in [2.75, 3.05) is 7.11 Å². The second kappa shape index (κ2) is 8.49. The van der Waals surface area contributed by atoms with Gasteiger partial charge in [-0.2, -0.15) is 5.10 Å². The minimum absolute atomic E-state index is 0.327. The highest BCUT2D eigenvalue weighted by atomic mass is 79.9. The van der Waals surface area contributed by atoms with Gasteiger partial charge < -0.3 is 9.47 Å². The summed E-state index contributed by atoms with van der Waals surface area (Å²) in [6.45, 7) is 3.66. The van der Waals surface area contributed by atoms with Gasteiger partial charge in [0.05, 0.1) is 17.8 Å². The van der Waals surface area contributed by atoms with Gasteiger partial charge in [-0.25, -0.2) is 5.43 Å². The predicted molar refractivity (Wildman–Crippen MR) is 97.7 cm³/mol. The van der Waals surface area contributed by atoms with Crippen LogP contribution in [0.1, 0.15) is 18.1 Å². The quantitative estimate of drug-likeness (QED) is 0.604. The van der Waals surface area contributed by atoms with E-state index in [1.165, 1.54) is 0 Å². The third-order valence-electron chi connectivity index (χ3n) is 3.26. The molecule has 0 unspecified atom stereocenters. The molecule has 0 fully saturated rings. The molecule has 0 heterocycles. The van der Waals surface area contributed by atoms with Crippen molar-refractivity contribution >= 4 is 28.1 Å². The molecule has 1 amide bonds. The van der Waals surface area contributed by atoms with Crippen LogP contribution < -0.4 is 14.9 Å². The summed E-state index contributed by atoms with van der Waals surface area (Å²) in [6, 6.07) is 13.0. The Kier molecular flexibility index (Phi) is 6.37. The number of carbonyl (C=O) groups excluding carboxylic acids is 1. The minimum atomic E-state index is -0.669. The number of methoxy groups -OCH3 is 1. The topological polar surface area (TPSA) is 59.9 Å². The Morgan fingerprint density at radius 1 is 1.25 bits per heavy atom. The standard InChI is InChI=1S/C18H19BrN2O3/c1-12-4-9-17(16(19)10-12)24-13(2)18(22)21-20-11-14-5-7-15(23-3)8-6-14/h4-11,13H,1-3H3,(H,21,22)/t13-/m1/s1. The zero-order valence-corrected chi connectivity index (χ0v) is 15.3. The van der Waals surface area contributed by atoms with Crippen LogP contribution in [-0.2, 0) is 4.79 Å². The Balaban J connectivity index is 1.89. The largest absolute Gasteiger partial charge is 0.497 e. The van der Waals surface area contributed by atoms with Gasteiger partial charge in [0.2, 0.25) is 0 Å². The van der Waals surface area contributed by atoms with Crippen molar-refractivity contribution < 1.29 is 14.3 Å². The van der Waals surface area contributed by atoms with Crippen LogP contribution in [0.25, 0.3) is 0 Å². The molecule has 2 aromatic carbocycles. The first-order chi connectivity index (χ1) is 11.5. The molecule has 0 radical (unpaired) electrons. The number of nitrogens with zero attached hydrogens (tertiary/aromatic N) is 1. The van der Waals surface area contributed by atoms with Crippen molar-refractivity contribution in [3.8, 4) is 11.5 Å². The molecule has 0 aliphatic heterocycles. The number of benzene rings is 2. The Morgan fingerprint density at radius 3 is 2.58 bits per heavy atom. The highest BCUT2D eigenvalue weighted by molar-refractivity contribution is 9.10. The molecule has 0 aliphatic rings. The van der Waals surface area contributed by atoms with E-state index in [-0.39, 0.29) is 5.91 Å². The maximum absolute atomic E-state index is 12.0. The van der Waals surface area contributed by atoms with Crippen molar-refractivity contribution in [2.24, 2.45) is 5.10 Å². The Morgan fingerprint density at radius 2 is 1.96 bits per heavy atom.